The van der Waals surface area contributed by atoms with E-state index in [0.29, 0.717) is 0 Å². The summed E-state index contributed by atoms with van der Waals surface area (Å²) < 4.78 is 0. The number of hydrogen-bond acceptors (Lipinski definition) is 2. The number of hydrogen-bond donors (Lipinski definition) is 2. The number of amides is 2. The summed E-state index contributed by atoms with van der Waals surface area (Å²) in [7, 11) is 0. The number of likely N-dealkylation sites (tertiary alicyclic amines) is 1. The molecule has 22 heavy (non-hydrogen) atoms. The second-order valence-electron chi connectivity index (χ2n) is 5.54. The highest BCUT2D eigenvalue weighted by molar-refractivity contribution is 7.10. The number of aromatic amines is 1. The van der Waals surface area contributed by atoms with Crippen molar-refractivity contribution in [3.63, 3.8) is 0 Å². The molecule has 3 heterocycles. The third-order valence-corrected chi connectivity index (χ3v) is 5.20. The van der Waals surface area contributed by atoms with Crippen molar-refractivity contribution in [3.8, 4) is 0 Å². The first-order valence-corrected chi connectivity index (χ1v) is 8.38. The lowest BCUT2D eigenvalue weighted by Gasteiger charge is -2.24. The van der Waals surface area contributed by atoms with E-state index in [0.717, 1.165) is 36.0 Å². The Kier molecular flexibility index (Phi) is 3.35. The second kappa shape index (κ2) is 5.50. The van der Waals surface area contributed by atoms with E-state index in [1.807, 2.05) is 35.4 Å². The van der Waals surface area contributed by atoms with E-state index >= 15 is 0 Å². The average Bonchev–Trinajstić information content (AvgIpc) is 3.27. The molecule has 2 amide bonds. The van der Waals surface area contributed by atoms with Gasteiger partial charge in [0.25, 0.3) is 0 Å². The highest BCUT2D eigenvalue weighted by atomic mass is 32.1. The predicted molar refractivity (Wildman–Crippen MR) is 90.3 cm³/mol. The number of thiophene rings is 1. The maximum absolute atomic E-state index is 12.7. The molecule has 1 aliphatic rings. The number of urea groups is 1. The lowest BCUT2D eigenvalue weighted by Crippen LogP contribution is -2.34. The first-order chi connectivity index (χ1) is 10.8. The van der Waals surface area contributed by atoms with Crippen molar-refractivity contribution in [1.82, 2.24) is 9.88 Å². The normalized spacial score (nSPS) is 18.0. The van der Waals surface area contributed by atoms with Gasteiger partial charge >= 0.3 is 6.03 Å². The fraction of sp³-hybridized carbons (Fsp3) is 0.235. The van der Waals surface area contributed by atoms with Crippen LogP contribution in [0.1, 0.15) is 23.8 Å². The molecule has 1 aromatic carbocycles. The smallest absolute Gasteiger partial charge is 0.322 e. The molecule has 0 bridgehead atoms. The first kappa shape index (κ1) is 13.4. The van der Waals surface area contributed by atoms with Crippen LogP contribution in [-0.2, 0) is 0 Å². The maximum Gasteiger partial charge on any atom is 0.322 e. The van der Waals surface area contributed by atoms with Crippen molar-refractivity contribution < 1.29 is 4.79 Å². The largest absolute Gasteiger partial charge is 0.361 e. The number of nitrogens with one attached hydrogen (secondary N) is 2. The maximum atomic E-state index is 12.7. The minimum Gasteiger partial charge on any atom is -0.361 e. The summed E-state index contributed by atoms with van der Waals surface area (Å²) in [6.45, 7) is 0.817. The predicted octanol–water partition coefficient (Wildman–Crippen LogP) is 4.60. The van der Waals surface area contributed by atoms with Gasteiger partial charge in [-0.25, -0.2) is 4.79 Å². The van der Waals surface area contributed by atoms with E-state index in [4.69, 9.17) is 0 Å². The molecule has 0 aliphatic carbocycles. The molecule has 1 fully saturated rings. The molecule has 2 N–H and O–H groups in total. The fourth-order valence-electron chi connectivity index (χ4n) is 3.17. The van der Waals surface area contributed by atoms with Crippen LogP contribution in [0.25, 0.3) is 10.9 Å². The zero-order valence-corrected chi connectivity index (χ0v) is 12.9. The Bertz CT molecular complexity index is 793. The molecule has 1 unspecified atom stereocenters. The number of H-pyrrole nitrogens is 1. The number of anilines is 1. The van der Waals surface area contributed by atoms with Crippen LogP contribution < -0.4 is 5.32 Å². The van der Waals surface area contributed by atoms with Crippen LogP contribution in [0, 0.1) is 0 Å². The van der Waals surface area contributed by atoms with Gasteiger partial charge in [0.2, 0.25) is 0 Å². The molecular formula is C17H17N3OS. The molecule has 3 aromatic rings. The molecule has 1 aliphatic heterocycles. The summed E-state index contributed by atoms with van der Waals surface area (Å²) in [6.07, 6.45) is 4.00. The van der Waals surface area contributed by atoms with Crippen LogP contribution in [0.3, 0.4) is 0 Å². The van der Waals surface area contributed by atoms with Crippen LogP contribution in [0.15, 0.2) is 48.0 Å². The van der Waals surface area contributed by atoms with Gasteiger partial charge in [0.15, 0.2) is 0 Å². The number of benzene rings is 1. The van der Waals surface area contributed by atoms with Crippen molar-refractivity contribution in [3.05, 3.63) is 52.9 Å². The fourth-order valence-corrected chi connectivity index (χ4v) is 4.04. The molecule has 1 saturated heterocycles. The number of carbonyl (C=O) groups is 1. The van der Waals surface area contributed by atoms with Gasteiger partial charge < -0.3 is 15.2 Å². The van der Waals surface area contributed by atoms with Crippen LogP contribution in [0.4, 0.5) is 10.5 Å². The molecule has 4 nitrogen and oxygen atoms in total. The quantitative estimate of drug-likeness (QED) is 0.714. The molecule has 5 heteroatoms. The third kappa shape index (κ3) is 2.27. The SMILES string of the molecule is O=C(Nc1cccc2[nH]ccc12)N1CCCC1c1cccs1. The van der Waals surface area contributed by atoms with E-state index < -0.39 is 0 Å². The zero-order chi connectivity index (χ0) is 14.9. The second-order valence-corrected chi connectivity index (χ2v) is 6.52. The summed E-state index contributed by atoms with van der Waals surface area (Å²) in [6, 6.07) is 12.3. The van der Waals surface area contributed by atoms with Crippen molar-refractivity contribution in [2.24, 2.45) is 0 Å². The Morgan fingerprint density at radius 3 is 3.09 bits per heavy atom. The molecular weight excluding hydrogens is 294 g/mol. The van der Waals surface area contributed by atoms with E-state index in [1.54, 1.807) is 11.3 Å². The lowest BCUT2D eigenvalue weighted by atomic mass is 10.2. The van der Waals surface area contributed by atoms with E-state index in [1.165, 1.54) is 4.88 Å². The number of fused-ring (bicyclic) bond motifs is 1. The van der Waals surface area contributed by atoms with Gasteiger partial charge in [-0.05, 0) is 42.5 Å². The van der Waals surface area contributed by atoms with Gasteiger partial charge in [0, 0.05) is 28.5 Å². The molecule has 112 valence electrons. The highest BCUT2D eigenvalue weighted by Crippen LogP contribution is 2.35. The summed E-state index contributed by atoms with van der Waals surface area (Å²) in [5.74, 6) is 0. The number of rotatable bonds is 2. The topological polar surface area (TPSA) is 48.1 Å². The molecule has 0 spiro atoms. The lowest BCUT2D eigenvalue weighted by molar-refractivity contribution is 0.208. The highest BCUT2D eigenvalue weighted by Gasteiger charge is 2.30. The summed E-state index contributed by atoms with van der Waals surface area (Å²) in [4.78, 5) is 19.1. The van der Waals surface area contributed by atoms with Gasteiger partial charge in [-0.15, -0.1) is 11.3 Å². The van der Waals surface area contributed by atoms with Crippen molar-refractivity contribution in [1.29, 1.82) is 0 Å². The van der Waals surface area contributed by atoms with Crippen LogP contribution >= 0.6 is 11.3 Å². The monoisotopic (exact) mass is 311 g/mol. The standard InChI is InChI=1S/C17H17N3OS/c21-17(19-14-5-1-4-13-12(14)8-9-18-13)20-10-2-6-15(20)16-7-3-11-22-16/h1,3-5,7-9,11,15,18H,2,6,10H2,(H,19,21). The van der Waals surface area contributed by atoms with Crippen molar-refractivity contribution >= 4 is 34.0 Å². The van der Waals surface area contributed by atoms with Gasteiger partial charge in [0.1, 0.15) is 0 Å². The Balaban J connectivity index is 1.58. The Morgan fingerprint density at radius 1 is 1.27 bits per heavy atom. The third-order valence-electron chi connectivity index (χ3n) is 4.22. The number of carbonyl (C=O) groups excluding carboxylic acids is 1. The molecule has 1 atom stereocenters. The minimum absolute atomic E-state index is 0.00963. The number of aromatic nitrogens is 1. The first-order valence-electron chi connectivity index (χ1n) is 7.50. The van der Waals surface area contributed by atoms with Gasteiger partial charge in [-0.2, -0.15) is 0 Å². The van der Waals surface area contributed by atoms with Gasteiger partial charge in [0.05, 0.1) is 11.7 Å². The van der Waals surface area contributed by atoms with Gasteiger partial charge in [-0.1, -0.05) is 12.1 Å². The van der Waals surface area contributed by atoms with Gasteiger partial charge in [-0.3, -0.25) is 0 Å². The number of nitrogens with zero attached hydrogens (tertiary/aromatic N) is 1. The molecule has 2 aromatic heterocycles. The molecule has 0 radical (unpaired) electrons. The summed E-state index contributed by atoms with van der Waals surface area (Å²) in [5, 5.41) is 6.19. The van der Waals surface area contributed by atoms with E-state index in [9.17, 15) is 4.79 Å². The summed E-state index contributed by atoms with van der Waals surface area (Å²) in [5.41, 5.74) is 1.90. The Morgan fingerprint density at radius 2 is 2.23 bits per heavy atom. The zero-order valence-electron chi connectivity index (χ0n) is 12.1. The average molecular weight is 311 g/mol. The Hall–Kier alpha value is -2.27. The molecule has 4 rings (SSSR count). The van der Waals surface area contributed by atoms with Crippen LogP contribution in [0.5, 0.6) is 0 Å². The van der Waals surface area contributed by atoms with Crippen molar-refractivity contribution in [2.75, 3.05) is 11.9 Å². The minimum atomic E-state index is -0.00963. The van der Waals surface area contributed by atoms with Crippen LogP contribution in [-0.4, -0.2) is 22.5 Å². The van der Waals surface area contributed by atoms with E-state index in [-0.39, 0.29) is 12.1 Å². The van der Waals surface area contributed by atoms with Crippen molar-refractivity contribution in [2.45, 2.75) is 18.9 Å². The molecule has 0 saturated carbocycles. The van der Waals surface area contributed by atoms with E-state index in [2.05, 4.69) is 27.8 Å². The van der Waals surface area contributed by atoms with Crippen LogP contribution in [0.2, 0.25) is 0 Å². The Labute approximate surface area is 132 Å². The summed E-state index contributed by atoms with van der Waals surface area (Å²) >= 11 is 1.72.